The molecule has 2 heteroatoms. The highest BCUT2D eigenvalue weighted by atomic mass is 15.1. The maximum atomic E-state index is 3.14. The monoisotopic (exact) mass is 138 g/mol. The minimum atomic E-state index is 0.994. The van der Waals surface area contributed by atoms with E-state index in [0.29, 0.717) is 0 Å². The minimum absolute atomic E-state index is 0.994. The van der Waals surface area contributed by atoms with Crippen LogP contribution >= 0.6 is 0 Å². The van der Waals surface area contributed by atoms with Gasteiger partial charge in [-0.15, -0.1) is 0 Å². The zero-order valence-corrected chi connectivity index (χ0v) is 6.81. The number of likely N-dealkylation sites (N-methyl/N-ethyl adjacent to an activating group) is 2. The predicted molar refractivity (Wildman–Crippen MR) is 43.5 cm³/mol. The van der Waals surface area contributed by atoms with E-state index in [4.69, 9.17) is 0 Å². The first-order valence-corrected chi connectivity index (χ1v) is 3.49. The van der Waals surface area contributed by atoms with Gasteiger partial charge in [-0.2, -0.15) is 0 Å². The summed E-state index contributed by atoms with van der Waals surface area (Å²) in [7, 11) is 4.03. The molecule has 0 aliphatic carbocycles. The van der Waals surface area contributed by atoms with E-state index in [2.05, 4.69) is 36.5 Å². The van der Waals surface area contributed by atoms with Gasteiger partial charge in [-0.05, 0) is 18.6 Å². The second-order valence-electron chi connectivity index (χ2n) is 2.71. The Balaban J connectivity index is 2.70. The summed E-state index contributed by atoms with van der Waals surface area (Å²) in [6, 6.07) is 0. The van der Waals surface area contributed by atoms with E-state index in [9.17, 15) is 0 Å². The van der Waals surface area contributed by atoms with E-state index < -0.39 is 0 Å². The standard InChI is InChI=1S/C8H14N2/c1-7-4-8(9-2)6-10(3)5-7/h4-5,9H,6H2,1-3H3. The Hall–Kier alpha value is -0.920. The van der Waals surface area contributed by atoms with Crippen LogP contribution in [0, 0.1) is 0 Å². The van der Waals surface area contributed by atoms with Crippen LogP contribution in [0.15, 0.2) is 23.5 Å². The molecule has 0 amide bonds. The zero-order valence-electron chi connectivity index (χ0n) is 6.81. The number of nitrogens with zero attached hydrogens (tertiary/aromatic N) is 1. The van der Waals surface area contributed by atoms with Crippen LogP contribution in [0.5, 0.6) is 0 Å². The van der Waals surface area contributed by atoms with Crippen molar-refractivity contribution in [2.75, 3.05) is 20.6 Å². The van der Waals surface area contributed by atoms with Crippen molar-refractivity contribution in [3.63, 3.8) is 0 Å². The average molecular weight is 138 g/mol. The molecule has 1 rings (SSSR count). The first-order valence-electron chi connectivity index (χ1n) is 3.49. The Kier molecular flexibility index (Phi) is 2.00. The largest absolute Gasteiger partial charge is 0.390 e. The van der Waals surface area contributed by atoms with Crippen molar-refractivity contribution < 1.29 is 0 Å². The van der Waals surface area contributed by atoms with Gasteiger partial charge in [-0.25, -0.2) is 0 Å². The van der Waals surface area contributed by atoms with Crippen LogP contribution in [-0.2, 0) is 0 Å². The number of nitrogens with one attached hydrogen (secondary N) is 1. The third-order valence-corrected chi connectivity index (χ3v) is 1.57. The highest BCUT2D eigenvalue weighted by Gasteiger charge is 2.03. The summed E-state index contributed by atoms with van der Waals surface area (Å²) in [5.41, 5.74) is 2.58. The molecule has 1 aliphatic rings. The molecule has 0 atom stereocenters. The highest BCUT2D eigenvalue weighted by molar-refractivity contribution is 5.25. The molecule has 10 heavy (non-hydrogen) atoms. The molecular weight excluding hydrogens is 124 g/mol. The van der Waals surface area contributed by atoms with Gasteiger partial charge >= 0.3 is 0 Å². The minimum Gasteiger partial charge on any atom is -0.390 e. The molecule has 0 bridgehead atoms. The lowest BCUT2D eigenvalue weighted by molar-refractivity contribution is 0.474. The number of hydrogen-bond donors (Lipinski definition) is 1. The van der Waals surface area contributed by atoms with Gasteiger partial charge in [-0.3, -0.25) is 0 Å². The Bertz CT molecular complexity index is 180. The smallest absolute Gasteiger partial charge is 0.0567 e. The van der Waals surface area contributed by atoms with E-state index in [0.717, 1.165) is 6.54 Å². The van der Waals surface area contributed by atoms with Crippen LogP contribution in [-0.4, -0.2) is 25.5 Å². The van der Waals surface area contributed by atoms with Gasteiger partial charge < -0.3 is 10.2 Å². The summed E-state index contributed by atoms with van der Waals surface area (Å²) in [5, 5.41) is 3.14. The fourth-order valence-electron chi connectivity index (χ4n) is 1.17. The van der Waals surface area contributed by atoms with Gasteiger partial charge in [0, 0.05) is 26.0 Å². The molecular formula is C8H14N2. The Labute approximate surface area is 62.2 Å². The van der Waals surface area contributed by atoms with E-state index in [-0.39, 0.29) is 0 Å². The third kappa shape index (κ3) is 1.53. The van der Waals surface area contributed by atoms with E-state index in [1.165, 1.54) is 11.3 Å². The van der Waals surface area contributed by atoms with Crippen LogP contribution in [0.25, 0.3) is 0 Å². The molecule has 56 valence electrons. The molecule has 1 heterocycles. The Morgan fingerprint density at radius 1 is 1.60 bits per heavy atom. The predicted octanol–water partition coefficient (Wildman–Crippen LogP) is 0.939. The molecule has 2 nitrogen and oxygen atoms in total. The van der Waals surface area contributed by atoms with Gasteiger partial charge in [0.15, 0.2) is 0 Å². The van der Waals surface area contributed by atoms with Gasteiger partial charge in [0.05, 0.1) is 6.54 Å². The summed E-state index contributed by atoms with van der Waals surface area (Å²) < 4.78 is 0. The summed E-state index contributed by atoms with van der Waals surface area (Å²) in [6.07, 6.45) is 4.31. The first kappa shape index (κ1) is 7.19. The average Bonchev–Trinajstić information content (AvgIpc) is 1.85. The van der Waals surface area contributed by atoms with Crippen LogP contribution in [0.2, 0.25) is 0 Å². The lowest BCUT2D eigenvalue weighted by Crippen LogP contribution is -2.24. The van der Waals surface area contributed by atoms with Crippen molar-refractivity contribution in [3.05, 3.63) is 23.5 Å². The first-order chi connectivity index (χ1) is 4.72. The molecule has 1 aliphatic heterocycles. The molecule has 1 N–H and O–H groups in total. The van der Waals surface area contributed by atoms with Crippen LogP contribution in [0.3, 0.4) is 0 Å². The van der Waals surface area contributed by atoms with Crippen molar-refractivity contribution in [2.24, 2.45) is 0 Å². The molecule has 0 aromatic carbocycles. The maximum Gasteiger partial charge on any atom is 0.0567 e. The zero-order chi connectivity index (χ0) is 7.56. The van der Waals surface area contributed by atoms with Crippen molar-refractivity contribution >= 4 is 0 Å². The second-order valence-corrected chi connectivity index (χ2v) is 2.71. The molecule has 0 aromatic rings. The van der Waals surface area contributed by atoms with Gasteiger partial charge in [0.1, 0.15) is 0 Å². The lowest BCUT2D eigenvalue weighted by atomic mass is 10.2. The van der Waals surface area contributed by atoms with Gasteiger partial charge in [-0.1, -0.05) is 0 Å². The maximum absolute atomic E-state index is 3.14. The Morgan fingerprint density at radius 3 is 2.80 bits per heavy atom. The molecule has 0 radical (unpaired) electrons. The molecule has 0 aromatic heterocycles. The molecule has 0 spiro atoms. The topological polar surface area (TPSA) is 15.3 Å². The van der Waals surface area contributed by atoms with Crippen LogP contribution < -0.4 is 5.32 Å². The van der Waals surface area contributed by atoms with Crippen molar-refractivity contribution in [1.82, 2.24) is 10.2 Å². The lowest BCUT2D eigenvalue weighted by Gasteiger charge is -2.21. The fourth-order valence-corrected chi connectivity index (χ4v) is 1.17. The number of allylic oxidation sites excluding steroid dienone is 2. The SMILES string of the molecule is CNC1=CC(C)=CN(C)C1. The second kappa shape index (κ2) is 2.78. The summed E-state index contributed by atoms with van der Waals surface area (Å²) in [5.74, 6) is 0. The van der Waals surface area contributed by atoms with E-state index in [1.807, 2.05) is 7.05 Å². The van der Waals surface area contributed by atoms with Crippen molar-refractivity contribution in [2.45, 2.75) is 6.92 Å². The Morgan fingerprint density at radius 2 is 2.30 bits per heavy atom. The summed E-state index contributed by atoms with van der Waals surface area (Å²) in [6.45, 7) is 3.10. The van der Waals surface area contributed by atoms with Crippen LogP contribution in [0.4, 0.5) is 0 Å². The van der Waals surface area contributed by atoms with Crippen LogP contribution in [0.1, 0.15) is 6.92 Å². The quantitative estimate of drug-likeness (QED) is 0.580. The number of hydrogen-bond acceptors (Lipinski definition) is 2. The van der Waals surface area contributed by atoms with Gasteiger partial charge in [0.25, 0.3) is 0 Å². The third-order valence-electron chi connectivity index (χ3n) is 1.57. The molecule has 0 saturated heterocycles. The van der Waals surface area contributed by atoms with E-state index >= 15 is 0 Å². The molecule has 0 unspecified atom stereocenters. The van der Waals surface area contributed by atoms with Crippen molar-refractivity contribution in [3.8, 4) is 0 Å². The molecule has 0 saturated carbocycles. The summed E-state index contributed by atoms with van der Waals surface area (Å²) in [4.78, 5) is 2.17. The van der Waals surface area contributed by atoms with E-state index in [1.54, 1.807) is 0 Å². The van der Waals surface area contributed by atoms with Gasteiger partial charge in [0.2, 0.25) is 0 Å². The summed E-state index contributed by atoms with van der Waals surface area (Å²) >= 11 is 0. The normalized spacial score (nSPS) is 18.1. The number of rotatable bonds is 1. The fraction of sp³-hybridized carbons (Fsp3) is 0.500. The van der Waals surface area contributed by atoms with Crippen molar-refractivity contribution in [1.29, 1.82) is 0 Å². The highest BCUT2D eigenvalue weighted by Crippen LogP contribution is 2.08. The molecule has 0 fully saturated rings.